The topological polar surface area (TPSA) is 106 Å². The van der Waals surface area contributed by atoms with Crippen molar-refractivity contribution in [2.45, 2.75) is 19.9 Å². The molecule has 3 aromatic rings. The smallest absolute Gasteiger partial charge is 0.301 e. The van der Waals surface area contributed by atoms with Crippen LogP contribution in [0.5, 0.6) is 5.75 Å². The number of amides is 1. The molecule has 0 bridgehead atoms. The molecule has 9 heteroatoms. The highest BCUT2D eigenvalue weighted by Crippen LogP contribution is 2.43. The monoisotopic (exact) mass is 422 g/mol. The number of Topliss-reactive ketones (excluding diaryl/α,β-unsaturated/α-hetero) is 1. The van der Waals surface area contributed by atoms with E-state index in [1.165, 1.54) is 28.6 Å². The van der Waals surface area contributed by atoms with Gasteiger partial charge in [-0.15, -0.1) is 10.2 Å². The molecule has 0 saturated carbocycles. The summed E-state index contributed by atoms with van der Waals surface area (Å²) in [6, 6.07) is 9.36. The predicted octanol–water partition coefficient (Wildman–Crippen LogP) is 3.27. The Labute approximate surface area is 176 Å². The van der Waals surface area contributed by atoms with E-state index in [-0.39, 0.29) is 11.3 Å². The maximum Gasteiger partial charge on any atom is 0.301 e. The van der Waals surface area contributed by atoms with E-state index in [0.29, 0.717) is 33.6 Å². The fourth-order valence-electron chi connectivity index (χ4n) is 3.31. The summed E-state index contributed by atoms with van der Waals surface area (Å²) in [4.78, 5) is 31.1. The first kappa shape index (κ1) is 19.7. The summed E-state index contributed by atoms with van der Waals surface area (Å²) in [6.45, 7) is 4.17. The van der Waals surface area contributed by atoms with Gasteiger partial charge in [0.1, 0.15) is 16.5 Å². The van der Waals surface area contributed by atoms with Crippen molar-refractivity contribution in [3.05, 3.63) is 70.5 Å². The van der Waals surface area contributed by atoms with E-state index in [0.717, 1.165) is 0 Å². The van der Waals surface area contributed by atoms with Gasteiger partial charge in [-0.05, 0) is 43.7 Å². The molecule has 1 atom stereocenters. The first-order chi connectivity index (χ1) is 14.5. The number of aryl methyl sites for hydroxylation is 1. The van der Waals surface area contributed by atoms with Gasteiger partial charge in [0.15, 0.2) is 0 Å². The van der Waals surface area contributed by atoms with Crippen LogP contribution in [0.1, 0.15) is 29.1 Å². The maximum atomic E-state index is 13.0. The molecular weight excluding hydrogens is 404 g/mol. The van der Waals surface area contributed by atoms with Crippen LogP contribution in [0.2, 0.25) is 0 Å². The number of pyridine rings is 1. The van der Waals surface area contributed by atoms with Crippen molar-refractivity contribution in [1.82, 2.24) is 15.2 Å². The van der Waals surface area contributed by atoms with E-state index in [2.05, 4.69) is 15.2 Å². The highest BCUT2D eigenvalue weighted by molar-refractivity contribution is 7.15. The van der Waals surface area contributed by atoms with Crippen molar-refractivity contribution < 1.29 is 19.4 Å². The maximum absolute atomic E-state index is 13.0. The number of ketones is 1. The molecule has 1 fully saturated rings. The quantitative estimate of drug-likeness (QED) is 0.382. The van der Waals surface area contributed by atoms with Crippen molar-refractivity contribution in [2.75, 3.05) is 11.5 Å². The zero-order valence-electron chi connectivity index (χ0n) is 16.3. The average Bonchev–Trinajstić information content (AvgIpc) is 3.30. The molecular formula is C21H18N4O4S. The first-order valence-electron chi connectivity index (χ1n) is 9.25. The van der Waals surface area contributed by atoms with Gasteiger partial charge in [0, 0.05) is 18.0 Å². The number of hydrogen-bond acceptors (Lipinski definition) is 8. The molecule has 1 aliphatic heterocycles. The number of anilines is 1. The van der Waals surface area contributed by atoms with E-state index in [4.69, 9.17) is 4.74 Å². The Balaban J connectivity index is 1.89. The average molecular weight is 422 g/mol. The summed E-state index contributed by atoms with van der Waals surface area (Å²) in [7, 11) is 0. The molecule has 0 radical (unpaired) electrons. The number of carbonyl (C=O) groups excluding carboxylic acids is 2. The fourth-order valence-corrected chi connectivity index (χ4v) is 4.02. The Morgan fingerprint density at radius 1 is 1.13 bits per heavy atom. The number of aliphatic hydroxyl groups is 1. The number of carbonyl (C=O) groups is 2. The van der Waals surface area contributed by atoms with Gasteiger partial charge in [-0.1, -0.05) is 23.5 Å². The molecule has 8 nitrogen and oxygen atoms in total. The van der Waals surface area contributed by atoms with E-state index in [1.807, 2.05) is 6.92 Å². The number of nitrogens with zero attached hydrogens (tertiary/aromatic N) is 4. The third-order valence-corrected chi connectivity index (χ3v) is 5.46. The molecule has 1 N–H and O–H groups in total. The molecule has 4 rings (SSSR count). The fraction of sp³-hybridized carbons (Fsp3) is 0.190. The Morgan fingerprint density at radius 3 is 2.43 bits per heavy atom. The van der Waals surface area contributed by atoms with Crippen LogP contribution in [0.15, 0.2) is 54.4 Å². The van der Waals surface area contributed by atoms with Crippen LogP contribution in [0.4, 0.5) is 5.13 Å². The number of aliphatic hydroxyl groups excluding tert-OH is 1. The highest BCUT2D eigenvalue weighted by Gasteiger charge is 2.48. The summed E-state index contributed by atoms with van der Waals surface area (Å²) >= 11 is 1.20. The van der Waals surface area contributed by atoms with Crippen LogP contribution in [0, 0.1) is 6.92 Å². The van der Waals surface area contributed by atoms with Gasteiger partial charge in [-0.25, -0.2) is 0 Å². The van der Waals surface area contributed by atoms with Gasteiger partial charge in [0.2, 0.25) is 5.13 Å². The minimum atomic E-state index is -0.846. The largest absolute Gasteiger partial charge is 0.507 e. The molecule has 0 spiro atoms. The summed E-state index contributed by atoms with van der Waals surface area (Å²) < 4.78 is 5.49. The lowest BCUT2D eigenvalue weighted by molar-refractivity contribution is -0.132. The van der Waals surface area contributed by atoms with Crippen LogP contribution in [0.3, 0.4) is 0 Å². The van der Waals surface area contributed by atoms with E-state index < -0.39 is 17.7 Å². The number of hydrogen-bond donors (Lipinski definition) is 1. The normalized spacial score (nSPS) is 18.1. The van der Waals surface area contributed by atoms with Crippen molar-refractivity contribution >= 4 is 33.9 Å². The lowest BCUT2D eigenvalue weighted by atomic mass is 9.95. The molecule has 1 amide bonds. The minimum absolute atomic E-state index is 0.0109. The third-order valence-electron chi connectivity index (χ3n) is 4.63. The molecule has 1 aliphatic rings. The highest BCUT2D eigenvalue weighted by atomic mass is 32.1. The summed E-state index contributed by atoms with van der Waals surface area (Å²) in [5.41, 5.74) is 1.02. The van der Waals surface area contributed by atoms with Gasteiger partial charge in [-0.2, -0.15) is 0 Å². The lowest BCUT2D eigenvalue weighted by Crippen LogP contribution is -2.29. The molecule has 3 heterocycles. The second-order valence-electron chi connectivity index (χ2n) is 6.51. The number of ether oxygens (including phenoxy) is 1. The number of rotatable bonds is 5. The molecule has 0 unspecified atom stereocenters. The Morgan fingerprint density at radius 2 is 1.83 bits per heavy atom. The van der Waals surface area contributed by atoms with Crippen LogP contribution < -0.4 is 9.64 Å². The molecule has 30 heavy (non-hydrogen) atoms. The van der Waals surface area contributed by atoms with Crippen LogP contribution >= 0.6 is 11.3 Å². The summed E-state index contributed by atoms with van der Waals surface area (Å²) in [5.74, 6) is -1.14. The van der Waals surface area contributed by atoms with Crippen molar-refractivity contribution in [3.63, 3.8) is 0 Å². The lowest BCUT2D eigenvalue weighted by Gasteiger charge is -2.22. The second kappa shape index (κ2) is 8.03. The van der Waals surface area contributed by atoms with Crippen LogP contribution in [0.25, 0.3) is 5.76 Å². The van der Waals surface area contributed by atoms with E-state index in [1.54, 1.807) is 43.3 Å². The predicted molar refractivity (Wildman–Crippen MR) is 111 cm³/mol. The Kier molecular flexibility index (Phi) is 5.28. The second-order valence-corrected chi connectivity index (χ2v) is 7.67. The van der Waals surface area contributed by atoms with Gasteiger partial charge < -0.3 is 9.84 Å². The minimum Gasteiger partial charge on any atom is -0.507 e. The van der Waals surface area contributed by atoms with Gasteiger partial charge >= 0.3 is 5.91 Å². The Bertz CT molecular complexity index is 1130. The first-order valence-corrected chi connectivity index (χ1v) is 10.1. The van der Waals surface area contributed by atoms with Crippen molar-refractivity contribution in [1.29, 1.82) is 0 Å². The van der Waals surface area contributed by atoms with E-state index in [9.17, 15) is 14.7 Å². The molecule has 1 saturated heterocycles. The van der Waals surface area contributed by atoms with Gasteiger partial charge in [0.25, 0.3) is 5.78 Å². The van der Waals surface area contributed by atoms with Crippen molar-refractivity contribution in [2.24, 2.45) is 0 Å². The van der Waals surface area contributed by atoms with Crippen LogP contribution in [-0.2, 0) is 9.59 Å². The molecule has 0 aliphatic carbocycles. The Hall–Kier alpha value is -3.59. The van der Waals surface area contributed by atoms with E-state index >= 15 is 0 Å². The SMILES string of the molecule is CCOc1ccc([C@H]2C(=C(O)c3ccncc3)C(=O)C(=O)N2c2nnc(C)s2)cc1. The summed E-state index contributed by atoms with van der Waals surface area (Å²) in [5, 5.41) is 19.9. The number of aromatic nitrogens is 3. The summed E-state index contributed by atoms with van der Waals surface area (Å²) in [6.07, 6.45) is 3.01. The zero-order chi connectivity index (χ0) is 21.3. The molecule has 2 aromatic heterocycles. The molecule has 152 valence electrons. The van der Waals surface area contributed by atoms with Crippen LogP contribution in [-0.4, -0.2) is 38.6 Å². The van der Waals surface area contributed by atoms with Gasteiger partial charge in [0.05, 0.1) is 18.2 Å². The number of benzene rings is 1. The standard InChI is InChI=1S/C21H18N4O4S/c1-3-29-15-6-4-13(5-7-15)17-16(18(26)14-8-10-22-11-9-14)19(27)20(28)25(17)21-24-23-12(2)30-21/h4-11,17,26H,3H2,1-2H3/t17-/m0/s1. The zero-order valence-corrected chi connectivity index (χ0v) is 17.1. The third kappa shape index (κ3) is 3.43. The van der Waals surface area contributed by atoms with Crippen molar-refractivity contribution in [3.8, 4) is 5.75 Å². The van der Waals surface area contributed by atoms with Gasteiger partial charge in [-0.3, -0.25) is 19.5 Å². The molecule has 1 aromatic carbocycles.